The molecule has 2 aromatic rings. The Morgan fingerprint density at radius 1 is 1.20 bits per heavy atom. The van der Waals surface area contributed by atoms with E-state index in [0.29, 0.717) is 0 Å². The summed E-state index contributed by atoms with van der Waals surface area (Å²) in [7, 11) is -0.876. The van der Waals surface area contributed by atoms with Crippen LogP contribution in [-0.2, 0) is 10.0 Å². The van der Waals surface area contributed by atoms with Gasteiger partial charge in [-0.1, -0.05) is 12.1 Å². The van der Waals surface area contributed by atoms with Crippen LogP contribution < -0.4 is 9.04 Å². The predicted molar refractivity (Wildman–Crippen MR) is 90.9 cm³/mol. The second kappa shape index (κ2) is 6.36. The van der Waals surface area contributed by atoms with E-state index in [2.05, 4.69) is 0 Å². The number of para-hydroxylation sites is 1. The van der Waals surface area contributed by atoms with Gasteiger partial charge in [0, 0.05) is 19.7 Å². The Balaban J connectivity index is 2.08. The summed E-state index contributed by atoms with van der Waals surface area (Å²) in [5.41, 5.74) is 0.131. The molecule has 0 bridgehead atoms. The van der Waals surface area contributed by atoms with Gasteiger partial charge in [0.2, 0.25) is 0 Å². The highest BCUT2D eigenvalue weighted by molar-refractivity contribution is 7.92. The Morgan fingerprint density at radius 3 is 2.64 bits per heavy atom. The summed E-state index contributed by atoms with van der Waals surface area (Å²) in [6.07, 6.45) is 0. The van der Waals surface area contributed by atoms with Crippen LogP contribution in [-0.4, -0.2) is 46.5 Å². The minimum absolute atomic E-state index is 0.0118. The number of anilines is 1. The Bertz CT molecular complexity index is 928. The number of amides is 1. The van der Waals surface area contributed by atoms with Crippen LogP contribution in [0.15, 0.2) is 47.4 Å². The number of sulfonamides is 1. The number of ether oxygens (including phenoxy) is 1. The third-order valence-electron chi connectivity index (χ3n) is 3.83. The second-order valence-electron chi connectivity index (χ2n) is 5.74. The van der Waals surface area contributed by atoms with Crippen LogP contribution in [0.2, 0.25) is 0 Å². The van der Waals surface area contributed by atoms with Gasteiger partial charge in [0.05, 0.1) is 11.4 Å². The van der Waals surface area contributed by atoms with Gasteiger partial charge < -0.3 is 9.64 Å². The Kier molecular flexibility index (Phi) is 4.38. The quantitative estimate of drug-likeness (QED) is 0.837. The molecule has 25 heavy (non-hydrogen) atoms. The van der Waals surface area contributed by atoms with Crippen LogP contribution in [0, 0.1) is 5.82 Å². The summed E-state index contributed by atoms with van der Waals surface area (Å²) in [6.45, 7) is 0.105. The fraction of sp³-hybridized carbons (Fsp3) is 0.235. The van der Waals surface area contributed by atoms with E-state index in [-0.39, 0.29) is 41.0 Å². The number of rotatable bonds is 3. The summed E-state index contributed by atoms with van der Waals surface area (Å²) in [5, 5.41) is 0. The SMILES string of the molecule is CN(C)C(=O)c1cccc(S(=O)(=O)N2CCOc3cccc(F)c32)c1. The molecule has 0 N–H and O–H groups in total. The van der Waals surface area contributed by atoms with E-state index in [0.717, 1.165) is 4.31 Å². The van der Waals surface area contributed by atoms with Crippen molar-refractivity contribution in [3.8, 4) is 5.75 Å². The molecule has 0 saturated heterocycles. The number of carbonyl (C=O) groups excluding carboxylic acids is 1. The van der Waals surface area contributed by atoms with E-state index >= 15 is 0 Å². The molecule has 0 aromatic heterocycles. The molecule has 3 rings (SSSR count). The zero-order valence-corrected chi connectivity index (χ0v) is 14.6. The Morgan fingerprint density at radius 2 is 1.92 bits per heavy atom. The van der Waals surface area contributed by atoms with Crippen molar-refractivity contribution in [3.63, 3.8) is 0 Å². The largest absolute Gasteiger partial charge is 0.489 e. The monoisotopic (exact) mass is 364 g/mol. The zero-order valence-electron chi connectivity index (χ0n) is 13.8. The Hall–Kier alpha value is -2.61. The molecule has 1 amide bonds. The smallest absolute Gasteiger partial charge is 0.264 e. The molecule has 1 heterocycles. The topological polar surface area (TPSA) is 66.9 Å². The van der Waals surface area contributed by atoms with Crippen LogP contribution in [0.25, 0.3) is 0 Å². The van der Waals surface area contributed by atoms with E-state index < -0.39 is 15.8 Å². The lowest BCUT2D eigenvalue weighted by Gasteiger charge is -2.30. The van der Waals surface area contributed by atoms with Crippen LogP contribution in [0.5, 0.6) is 5.75 Å². The third kappa shape index (κ3) is 3.05. The molecule has 1 aliphatic rings. The number of carbonyl (C=O) groups is 1. The molecule has 8 heteroatoms. The lowest BCUT2D eigenvalue weighted by atomic mass is 10.2. The maximum absolute atomic E-state index is 14.2. The van der Waals surface area contributed by atoms with Gasteiger partial charge in [-0.05, 0) is 30.3 Å². The van der Waals surface area contributed by atoms with Crippen LogP contribution in [0.1, 0.15) is 10.4 Å². The van der Waals surface area contributed by atoms with Crippen molar-refractivity contribution in [3.05, 3.63) is 53.8 Å². The van der Waals surface area contributed by atoms with Crippen molar-refractivity contribution in [1.82, 2.24) is 4.90 Å². The highest BCUT2D eigenvalue weighted by atomic mass is 32.2. The number of halogens is 1. The second-order valence-corrected chi connectivity index (χ2v) is 7.60. The van der Waals surface area contributed by atoms with Crippen LogP contribution >= 0.6 is 0 Å². The van der Waals surface area contributed by atoms with Gasteiger partial charge in [0.1, 0.15) is 18.0 Å². The van der Waals surface area contributed by atoms with Crippen LogP contribution in [0.4, 0.5) is 10.1 Å². The van der Waals surface area contributed by atoms with Gasteiger partial charge in [-0.2, -0.15) is 0 Å². The van der Waals surface area contributed by atoms with Crippen molar-refractivity contribution in [2.75, 3.05) is 31.6 Å². The molecule has 0 radical (unpaired) electrons. The van der Waals surface area contributed by atoms with Crippen molar-refractivity contribution >= 4 is 21.6 Å². The highest BCUT2D eigenvalue weighted by Crippen LogP contribution is 2.37. The molecule has 6 nitrogen and oxygen atoms in total. The minimum Gasteiger partial charge on any atom is -0.489 e. The summed E-state index contributed by atoms with van der Waals surface area (Å²) >= 11 is 0. The van der Waals surface area contributed by atoms with Gasteiger partial charge in [0.25, 0.3) is 15.9 Å². The number of fused-ring (bicyclic) bond motifs is 1. The first-order valence-electron chi connectivity index (χ1n) is 7.58. The van der Waals surface area contributed by atoms with E-state index in [1.165, 1.54) is 47.4 Å². The fourth-order valence-electron chi connectivity index (χ4n) is 2.62. The number of benzene rings is 2. The zero-order chi connectivity index (χ0) is 18.2. The maximum Gasteiger partial charge on any atom is 0.264 e. The number of hydrogen-bond donors (Lipinski definition) is 0. The number of hydrogen-bond acceptors (Lipinski definition) is 4. The van der Waals surface area contributed by atoms with Crippen LogP contribution in [0.3, 0.4) is 0 Å². The van der Waals surface area contributed by atoms with Crippen molar-refractivity contribution in [2.45, 2.75) is 4.90 Å². The van der Waals surface area contributed by atoms with Crippen molar-refractivity contribution in [1.29, 1.82) is 0 Å². The lowest BCUT2D eigenvalue weighted by molar-refractivity contribution is 0.0827. The van der Waals surface area contributed by atoms with Gasteiger partial charge in [-0.25, -0.2) is 12.8 Å². The first-order chi connectivity index (χ1) is 11.8. The molecule has 0 unspecified atom stereocenters. The predicted octanol–water partition coefficient (Wildman–Crippen LogP) is 2.12. The molecule has 0 spiro atoms. The summed E-state index contributed by atoms with van der Waals surface area (Å²) in [5.74, 6) is -0.817. The first-order valence-corrected chi connectivity index (χ1v) is 9.02. The summed E-state index contributed by atoms with van der Waals surface area (Å²) in [4.78, 5) is 13.4. The van der Waals surface area contributed by atoms with Gasteiger partial charge in [-0.3, -0.25) is 9.10 Å². The van der Waals surface area contributed by atoms with Gasteiger partial charge in [-0.15, -0.1) is 0 Å². The molecule has 0 fully saturated rings. The normalized spacial score (nSPS) is 13.8. The molecular weight excluding hydrogens is 347 g/mol. The molecule has 0 saturated carbocycles. The van der Waals surface area contributed by atoms with E-state index in [1.54, 1.807) is 14.1 Å². The molecule has 132 valence electrons. The summed E-state index contributed by atoms with van der Waals surface area (Å²) < 4.78 is 46.6. The molecule has 2 aromatic carbocycles. The van der Waals surface area contributed by atoms with Crippen molar-refractivity contribution in [2.24, 2.45) is 0 Å². The molecule has 0 atom stereocenters. The lowest BCUT2D eigenvalue weighted by Crippen LogP contribution is -2.38. The standard InChI is InChI=1S/C17H17FN2O4S/c1-19(2)17(21)12-5-3-6-13(11-12)25(22,23)20-9-10-24-15-8-4-7-14(18)16(15)20/h3-8,11H,9-10H2,1-2H3. The maximum atomic E-state index is 14.2. The highest BCUT2D eigenvalue weighted by Gasteiger charge is 2.32. The van der Waals surface area contributed by atoms with E-state index in [4.69, 9.17) is 4.74 Å². The van der Waals surface area contributed by atoms with E-state index in [9.17, 15) is 17.6 Å². The average Bonchev–Trinajstić information content (AvgIpc) is 2.61. The van der Waals surface area contributed by atoms with Crippen molar-refractivity contribution < 1.29 is 22.3 Å². The molecule has 1 aliphatic heterocycles. The van der Waals surface area contributed by atoms with Gasteiger partial charge >= 0.3 is 0 Å². The fourth-order valence-corrected chi connectivity index (χ4v) is 4.13. The number of nitrogens with zero attached hydrogens (tertiary/aromatic N) is 2. The minimum atomic E-state index is -4.04. The third-order valence-corrected chi connectivity index (χ3v) is 5.62. The average molecular weight is 364 g/mol. The van der Waals surface area contributed by atoms with Gasteiger partial charge in [0.15, 0.2) is 5.82 Å². The Labute approximate surface area is 145 Å². The first kappa shape index (κ1) is 17.2. The summed E-state index contributed by atoms with van der Waals surface area (Å²) in [6, 6.07) is 9.88. The van der Waals surface area contributed by atoms with E-state index in [1.807, 2.05) is 0 Å². The molecular formula is C17H17FN2O4S. The molecule has 0 aliphatic carbocycles.